The summed E-state index contributed by atoms with van der Waals surface area (Å²) in [5.41, 5.74) is 7.10. The molecule has 0 aliphatic carbocycles. The number of halogens is 1. The Morgan fingerprint density at radius 2 is 2.09 bits per heavy atom. The summed E-state index contributed by atoms with van der Waals surface area (Å²) in [6.07, 6.45) is 0.703. The van der Waals surface area contributed by atoms with Crippen molar-refractivity contribution in [1.82, 2.24) is 9.88 Å². The Kier molecular flexibility index (Phi) is 8.79. The van der Waals surface area contributed by atoms with Gasteiger partial charge in [0.25, 0.3) is 5.91 Å². The van der Waals surface area contributed by atoms with E-state index in [4.69, 9.17) is 10.5 Å². The molecule has 0 spiro atoms. The first-order chi connectivity index (χ1) is 10.7. The normalized spacial score (nSPS) is 10.2. The fraction of sp³-hybridized carbons (Fsp3) is 0.375. The summed E-state index contributed by atoms with van der Waals surface area (Å²) in [5.74, 6) is -0.0691. The molecule has 0 aliphatic heterocycles. The van der Waals surface area contributed by atoms with Crippen LogP contribution in [0.15, 0.2) is 35.7 Å². The predicted molar refractivity (Wildman–Crippen MR) is 95.2 cm³/mol. The van der Waals surface area contributed by atoms with Crippen molar-refractivity contribution < 1.29 is 9.53 Å². The Labute approximate surface area is 146 Å². The molecule has 0 atom stereocenters. The molecule has 2 rings (SSSR count). The van der Waals surface area contributed by atoms with Gasteiger partial charge in [-0.2, -0.15) is 0 Å². The van der Waals surface area contributed by atoms with Crippen LogP contribution >= 0.6 is 23.7 Å². The molecule has 2 N–H and O–H groups in total. The number of rotatable bonds is 8. The zero-order chi connectivity index (χ0) is 15.8. The van der Waals surface area contributed by atoms with Crippen LogP contribution in [0.1, 0.15) is 21.1 Å². The van der Waals surface area contributed by atoms with E-state index in [2.05, 4.69) is 4.98 Å². The molecule has 1 heterocycles. The van der Waals surface area contributed by atoms with Crippen LogP contribution in [0, 0.1) is 0 Å². The van der Waals surface area contributed by atoms with Gasteiger partial charge in [-0.1, -0.05) is 30.3 Å². The lowest BCUT2D eigenvalue weighted by Gasteiger charge is -2.21. The Hall–Kier alpha value is -1.47. The van der Waals surface area contributed by atoms with Gasteiger partial charge in [0, 0.05) is 32.0 Å². The minimum atomic E-state index is -0.0691. The maximum Gasteiger partial charge on any atom is 0.273 e. The number of nitrogens with two attached hydrogens (primary N) is 1. The third-order valence-electron chi connectivity index (χ3n) is 3.20. The highest BCUT2D eigenvalue weighted by atomic mass is 35.5. The number of carbonyl (C=O) groups is 1. The molecular formula is C16H22ClN3O2S. The fourth-order valence-corrected chi connectivity index (χ4v) is 2.86. The van der Waals surface area contributed by atoms with Crippen LogP contribution in [0.25, 0.3) is 0 Å². The van der Waals surface area contributed by atoms with Crippen LogP contribution in [-0.4, -0.2) is 42.6 Å². The van der Waals surface area contributed by atoms with E-state index in [1.807, 2.05) is 30.3 Å². The van der Waals surface area contributed by atoms with Crippen molar-refractivity contribution in [3.8, 4) is 0 Å². The van der Waals surface area contributed by atoms with E-state index in [-0.39, 0.29) is 18.3 Å². The molecule has 0 aliphatic rings. The highest BCUT2D eigenvalue weighted by Gasteiger charge is 2.18. The summed E-state index contributed by atoms with van der Waals surface area (Å²) in [6, 6.07) is 9.92. The molecule has 0 fully saturated rings. The number of amides is 1. The molecule has 0 unspecified atom stereocenters. The third kappa shape index (κ3) is 5.91. The first-order valence-corrected chi connectivity index (χ1v) is 8.09. The van der Waals surface area contributed by atoms with Gasteiger partial charge >= 0.3 is 0 Å². The smallest absolute Gasteiger partial charge is 0.273 e. The van der Waals surface area contributed by atoms with Gasteiger partial charge in [0.05, 0.1) is 11.6 Å². The molecular weight excluding hydrogens is 334 g/mol. The summed E-state index contributed by atoms with van der Waals surface area (Å²) < 4.78 is 5.11. The lowest BCUT2D eigenvalue weighted by atomic mass is 10.2. The number of hydrogen-bond donors (Lipinski definition) is 1. The van der Waals surface area contributed by atoms with Crippen LogP contribution in [-0.2, 0) is 17.7 Å². The largest absolute Gasteiger partial charge is 0.383 e. The monoisotopic (exact) mass is 355 g/mol. The van der Waals surface area contributed by atoms with E-state index < -0.39 is 0 Å². The predicted octanol–water partition coefficient (Wildman–Crippen LogP) is 2.35. The molecule has 0 saturated heterocycles. The summed E-state index contributed by atoms with van der Waals surface area (Å²) >= 11 is 1.48. The number of methoxy groups -OCH3 is 1. The second kappa shape index (κ2) is 10.3. The fourth-order valence-electron chi connectivity index (χ4n) is 2.07. The van der Waals surface area contributed by atoms with Crippen LogP contribution in [0.5, 0.6) is 0 Å². The van der Waals surface area contributed by atoms with Gasteiger partial charge in [0.15, 0.2) is 0 Å². The van der Waals surface area contributed by atoms with E-state index in [0.717, 1.165) is 10.6 Å². The van der Waals surface area contributed by atoms with Crippen LogP contribution in [0.4, 0.5) is 0 Å². The van der Waals surface area contributed by atoms with Crippen molar-refractivity contribution in [1.29, 1.82) is 0 Å². The van der Waals surface area contributed by atoms with Gasteiger partial charge in [-0.05, 0) is 12.1 Å². The molecule has 5 nitrogen and oxygen atoms in total. The molecule has 126 valence electrons. The highest BCUT2D eigenvalue weighted by Crippen LogP contribution is 2.14. The molecule has 0 bridgehead atoms. The van der Waals surface area contributed by atoms with Gasteiger partial charge in [-0.3, -0.25) is 4.79 Å². The van der Waals surface area contributed by atoms with Crippen molar-refractivity contribution >= 4 is 29.7 Å². The van der Waals surface area contributed by atoms with E-state index in [1.165, 1.54) is 11.3 Å². The average Bonchev–Trinajstić information content (AvgIpc) is 3.01. The maximum absolute atomic E-state index is 12.7. The average molecular weight is 356 g/mol. The number of aromatic nitrogens is 1. The minimum absolute atomic E-state index is 0. The van der Waals surface area contributed by atoms with Crippen molar-refractivity contribution in [3.05, 3.63) is 52.0 Å². The first kappa shape index (κ1) is 19.6. The zero-order valence-electron chi connectivity index (χ0n) is 13.1. The second-order valence-electron chi connectivity index (χ2n) is 4.87. The van der Waals surface area contributed by atoms with Gasteiger partial charge in [0.1, 0.15) is 5.69 Å². The minimum Gasteiger partial charge on any atom is -0.383 e. The van der Waals surface area contributed by atoms with Crippen LogP contribution in [0.2, 0.25) is 0 Å². The van der Waals surface area contributed by atoms with Crippen molar-refractivity contribution in [2.75, 3.05) is 26.8 Å². The Bertz CT molecular complexity index is 592. The van der Waals surface area contributed by atoms with Crippen molar-refractivity contribution in [3.63, 3.8) is 0 Å². The second-order valence-corrected chi connectivity index (χ2v) is 5.81. The van der Waals surface area contributed by atoms with E-state index >= 15 is 0 Å². The lowest BCUT2D eigenvalue weighted by molar-refractivity contribution is 0.0675. The number of benzene rings is 1. The number of ether oxygens (including phenoxy) is 1. The van der Waals surface area contributed by atoms with E-state index in [0.29, 0.717) is 38.4 Å². The topological polar surface area (TPSA) is 68.5 Å². The van der Waals surface area contributed by atoms with E-state index in [9.17, 15) is 4.79 Å². The molecule has 0 radical (unpaired) electrons. The molecule has 1 amide bonds. The summed E-state index contributed by atoms with van der Waals surface area (Å²) in [4.78, 5) is 18.8. The lowest BCUT2D eigenvalue weighted by Crippen LogP contribution is -2.33. The Balaban J connectivity index is 0.00000264. The zero-order valence-corrected chi connectivity index (χ0v) is 14.7. The van der Waals surface area contributed by atoms with Gasteiger partial charge in [-0.15, -0.1) is 23.7 Å². The molecule has 1 aromatic heterocycles. The number of thiazole rings is 1. The molecule has 0 saturated carbocycles. The summed E-state index contributed by atoms with van der Waals surface area (Å²) in [7, 11) is 1.63. The third-order valence-corrected chi connectivity index (χ3v) is 4.11. The van der Waals surface area contributed by atoms with Crippen molar-refractivity contribution in [2.45, 2.75) is 13.0 Å². The van der Waals surface area contributed by atoms with Crippen molar-refractivity contribution in [2.24, 2.45) is 5.73 Å². The first-order valence-electron chi connectivity index (χ1n) is 7.21. The molecule has 7 heteroatoms. The Morgan fingerprint density at radius 1 is 1.35 bits per heavy atom. The SMILES string of the molecule is COCCN(Cc1ccccc1)C(=O)c1csc(CCN)n1.Cl. The summed E-state index contributed by atoms with van der Waals surface area (Å²) in [5, 5.41) is 2.70. The molecule has 2 aromatic rings. The summed E-state index contributed by atoms with van der Waals surface area (Å²) in [6.45, 7) is 2.12. The molecule has 23 heavy (non-hydrogen) atoms. The highest BCUT2D eigenvalue weighted by molar-refractivity contribution is 7.09. The number of carbonyl (C=O) groups excluding carboxylic acids is 1. The maximum atomic E-state index is 12.7. The molecule has 1 aromatic carbocycles. The number of hydrogen-bond acceptors (Lipinski definition) is 5. The van der Waals surface area contributed by atoms with Gasteiger partial charge < -0.3 is 15.4 Å². The van der Waals surface area contributed by atoms with Crippen LogP contribution in [0.3, 0.4) is 0 Å². The van der Waals surface area contributed by atoms with E-state index in [1.54, 1.807) is 17.4 Å². The van der Waals surface area contributed by atoms with Gasteiger partial charge in [-0.25, -0.2) is 4.98 Å². The Morgan fingerprint density at radius 3 is 2.74 bits per heavy atom. The van der Waals surface area contributed by atoms with Gasteiger partial charge in [0.2, 0.25) is 0 Å². The standard InChI is InChI=1S/C16H21N3O2S.ClH/c1-21-10-9-19(11-13-5-3-2-4-6-13)16(20)14-12-22-15(18-14)7-8-17;/h2-6,12H,7-11,17H2,1H3;1H. The van der Waals surface area contributed by atoms with Crippen LogP contribution < -0.4 is 5.73 Å². The number of nitrogens with zero attached hydrogens (tertiary/aromatic N) is 2. The quantitative estimate of drug-likeness (QED) is 0.789.